The van der Waals surface area contributed by atoms with Crippen LogP contribution in [0.15, 0.2) is 24.3 Å². The van der Waals surface area contributed by atoms with Crippen LogP contribution in [0, 0.1) is 0 Å². The fourth-order valence-electron chi connectivity index (χ4n) is 8.09. The van der Waals surface area contributed by atoms with Crippen molar-refractivity contribution in [3.8, 4) is 0 Å². The highest BCUT2D eigenvalue weighted by molar-refractivity contribution is 5.71. The molecular weight excluding hydrogens is 769 g/mol. The lowest BCUT2D eigenvalue weighted by molar-refractivity contribution is -0.166. The van der Waals surface area contributed by atoms with Crippen LogP contribution in [0.4, 0.5) is 0 Å². The molecule has 0 radical (unpaired) electrons. The van der Waals surface area contributed by atoms with Crippen molar-refractivity contribution in [2.24, 2.45) is 0 Å². The highest BCUT2D eigenvalue weighted by atomic mass is 16.6. The monoisotopic (exact) mass is 873 g/mol. The average Bonchev–Trinajstić information content (AvgIpc) is 3.27. The smallest absolute Gasteiger partial charge is 0.306 e. The third-order valence-corrected chi connectivity index (χ3v) is 12.2. The number of ether oxygens (including phenoxy) is 3. The molecule has 6 heteroatoms. The van der Waals surface area contributed by atoms with Gasteiger partial charge in [-0.2, -0.15) is 0 Å². The quantitative estimate of drug-likeness (QED) is 0.0262. The predicted octanol–water partition coefficient (Wildman–Crippen LogP) is 17.9. The first-order chi connectivity index (χ1) is 30.5. The Balaban J connectivity index is 4.36. The van der Waals surface area contributed by atoms with E-state index < -0.39 is 6.10 Å². The van der Waals surface area contributed by atoms with Crippen molar-refractivity contribution >= 4 is 17.9 Å². The van der Waals surface area contributed by atoms with Gasteiger partial charge in [-0.05, 0) is 38.5 Å². The highest BCUT2D eigenvalue weighted by Gasteiger charge is 2.19. The molecule has 6 nitrogen and oxygen atoms in total. The van der Waals surface area contributed by atoms with Gasteiger partial charge in [0, 0.05) is 19.3 Å². The summed E-state index contributed by atoms with van der Waals surface area (Å²) in [4.78, 5) is 38.0. The van der Waals surface area contributed by atoms with Crippen LogP contribution in [0.1, 0.15) is 297 Å². The zero-order valence-corrected chi connectivity index (χ0v) is 41.7. The van der Waals surface area contributed by atoms with E-state index in [1.54, 1.807) is 0 Å². The molecule has 0 rings (SSSR count). The summed E-state index contributed by atoms with van der Waals surface area (Å²) in [6, 6.07) is 0. The Hall–Kier alpha value is -2.11. The molecule has 0 heterocycles. The second-order valence-corrected chi connectivity index (χ2v) is 18.5. The minimum absolute atomic E-state index is 0.0828. The van der Waals surface area contributed by atoms with E-state index in [-0.39, 0.29) is 37.5 Å². The van der Waals surface area contributed by atoms with E-state index in [9.17, 15) is 14.4 Å². The molecule has 0 amide bonds. The molecule has 0 aliphatic carbocycles. The van der Waals surface area contributed by atoms with Crippen LogP contribution in [-0.2, 0) is 28.6 Å². The maximum Gasteiger partial charge on any atom is 0.306 e. The molecule has 1 unspecified atom stereocenters. The molecule has 0 saturated heterocycles. The summed E-state index contributed by atoms with van der Waals surface area (Å²) >= 11 is 0. The van der Waals surface area contributed by atoms with Gasteiger partial charge in [-0.25, -0.2) is 0 Å². The van der Waals surface area contributed by atoms with E-state index in [1.165, 1.54) is 199 Å². The largest absolute Gasteiger partial charge is 0.462 e. The fraction of sp³-hybridized carbons (Fsp3) is 0.875. The lowest BCUT2D eigenvalue weighted by Gasteiger charge is -2.18. The molecule has 0 spiro atoms. The maximum atomic E-state index is 12.8. The molecule has 62 heavy (non-hydrogen) atoms. The first-order valence-electron chi connectivity index (χ1n) is 27.3. The Morgan fingerprint density at radius 1 is 0.323 bits per heavy atom. The summed E-state index contributed by atoms with van der Waals surface area (Å²) in [5.74, 6) is -0.936. The van der Waals surface area contributed by atoms with Gasteiger partial charge in [0.1, 0.15) is 13.2 Å². The average molecular weight is 873 g/mol. The molecule has 0 N–H and O–H groups in total. The van der Waals surface area contributed by atoms with E-state index in [4.69, 9.17) is 14.2 Å². The molecule has 0 aliphatic heterocycles. The van der Waals surface area contributed by atoms with E-state index >= 15 is 0 Å². The van der Waals surface area contributed by atoms with E-state index in [0.29, 0.717) is 19.3 Å². The van der Waals surface area contributed by atoms with Crippen molar-refractivity contribution in [3.05, 3.63) is 24.3 Å². The van der Waals surface area contributed by atoms with Crippen LogP contribution in [0.2, 0.25) is 0 Å². The maximum absolute atomic E-state index is 12.8. The first-order valence-corrected chi connectivity index (χ1v) is 27.3. The molecular formula is C56H104O6. The van der Waals surface area contributed by atoms with Crippen molar-refractivity contribution in [2.75, 3.05) is 13.2 Å². The summed E-state index contributed by atoms with van der Waals surface area (Å²) in [5.41, 5.74) is 0. The topological polar surface area (TPSA) is 78.9 Å². The SMILES string of the molecule is CCCCCCCC/C=C\C/C=C\CCC(=O)OCC(COC(=O)CCCCCCCCCCCCCCCCCCC)OC(=O)CCCCCCCCCCCCCCCC. The van der Waals surface area contributed by atoms with Gasteiger partial charge in [0.2, 0.25) is 0 Å². The molecule has 364 valence electrons. The standard InChI is InChI=1S/C56H104O6/c1-4-7-10-13-16-19-22-25-27-28-29-32-34-37-40-43-46-49-55(58)61-52-53(51-60-54(57)48-45-42-39-36-33-30-24-21-18-15-12-9-6-3)62-56(59)50-47-44-41-38-35-31-26-23-20-17-14-11-8-5-2/h30,33,39,42,53H,4-29,31-32,34-38,40-41,43-52H2,1-3H3/b33-30-,42-39-. The molecule has 0 fully saturated rings. The summed E-state index contributed by atoms with van der Waals surface area (Å²) < 4.78 is 16.8. The molecule has 0 bridgehead atoms. The van der Waals surface area contributed by atoms with Crippen LogP contribution >= 0.6 is 0 Å². The Morgan fingerprint density at radius 3 is 0.984 bits per heavy atom. The van der Waals surface area contributed by atoms with Crippen LogP contribution < -0.4 is 0 Å². The Labute approximate surface area is 385 Å². The van der Waals surface area contributed by atoms with Gasteiger partial charge in [-0.3, -0.25) is 14.4 Å². The van der Waals surface area contributed by atoms with Crippen LogP contribution in [0.25, 0.3) is 0 Å². The number of allylic oxidation sites excluding steroid dienone is 4. The van der Waals surface area contributed by atoms with Gasteiger partial charge < -0.3 is 14.2 Å². The molecule has 1 atom stereocenters. The molecule has 0 aromatic heterocycles. The Kier molecular flexibility index (Phi) is 49.8. The van der Waals surface area contributed by atoms with Gasteiger partial charge >= 0.3 is 17.9 Å². The van der Waals surface area contributed by atoms with Crippen LogP contribution in [-0.4, -0.2) is 37.2 Å². The van der Waals surface area contributed by atoms with Crippen LogP contribution in [0.3, 0.4) is 0 Å². The summed E-state index contributed by atoms with van der Waals surface area (Å²) in [6.45, 7) is 6.62. The number of carbonyl (C=O) groups excluding carboxylic acids is 3. The second-order valence-electron chi connectivity index (χ2n) is 18.5. The van der Waals surface area contributed by atoms with E-state index in [0.717, 1.165) is 51.4 Å². The third-order valence-electron chi connectivity index (χ3n) is 12.2. The molecule has 0 aromatic rings. The fourth-order valence-corrected chi connectivity index (χ4v) is 8.09. The number of hydrogen-bond acceptors (Lipinski definition) is 6. The van der Waals surface area contributed by atoms with Gasteiger partial charge in [0.15, 0.2) is 6.10 Å². The highest BCUT2D eigenvalue weighted by Crippen LogP contribution is 2.16. The van der Waals surface area contributed by atoms with Gasteiger partial charge in [-0.1, -0.05) is 263 Å². The molecule has 0 saturated carbocycles. The van der Waals surface area contributed by atoms with Gasteiger partial charge in [0.25, 0.3) is 0 Å². The first kappa shape index (κ1) is 59.9. The normalized spacial score (nSPS) is 12.1. The Bertz CT molecular complexity index is 1000. The molecule has 0 aliphatic rings. The zero-order chi connectivity index (χ0) is 45.1. The minimum Gasteiger partial charge on any atom is -0.462 e. The summed E-state index contributed by atoms with van der Waals surface area (Å²) in [6.07, 6.45) is 58.9. The minimum atomic E-state index is -0.787. The molecule has 0 aromatic carbocycles. The summed E-state index contributed by atoms with van der Waals surface area (Å²) in [7, 11) is 0. The van der Waals surface area contributed by atoms with Crippen molar-refractivity contribution < 1.29 is 28.6 Å². The van der Waals surface area contributed by atoms with Gasteiger partial charge in [-0.15, -0.1) is 0 Å². The van der Waals surface area contributed by atoms with Gasteiger partial charge in [0.05, 0.1) is 0 Å². The van der Waals surface area contributed by atoms with E-state index in [1.807, 2.05) is 6.08 Å². The third kappa shape index (κ3) is 48.9. The Morgan fingerprint density at radius 2 is 0.613 bits per heavy atom. The number of carbonyl (C=O) groups is 3. The second kappa shape index (κ2) is 51.5. The van der Waals surface area contributed by atoms with Crippen molar-refractivity contribution in [3.63, 3.8) is 0 Å². The predicted molar refractivity (Wildman–Crippen MR) is 266 cm³/mol. The number of esters is 3. The number of rotatable bonds is 50. The lowest BCUT2D eigenvalue weighted by Crippen LogP contribution is -2.30. The van der Waals surface area contributed by atoms with Crippen molar-refractivity contribution in [1.29, 1.82) is 0 Å². The lowest BCUT2D eigenvalue weighted by atomic mass is 10.0. The van der Waals surface area contributed by atoms with E-state index in [2.05, 4.69) is 39.0 Å². The van der Waals surface area contributed by atoms with Crippen LogP contribution in [0.5, 0.6) is 0 Å². The van der Waals surface area contributed by atoms with Crippen molar-refractivity contribution in [1.82, 2.24) is 0 Å². The van der Waals surface area contributed by atoms with Crippen molar-refractivity contribution in [2.45, 2.75) is 303 Å². The zero-order valence-electron chi connectivity index (χ0n) is 41.7. The number of unbranched alkanes of at least 4 members (excludes halogenated alkanes) is 35. The number of hydrogen-bond donors (Lipinski definition) is 0. The summed E-state index contributed by atoms with van der Waals surface area (Å²) in [5, 5.41) is 0.